The van der Waals surface area contributed by atoms with E-state index >= 15 is 0 Å². The van der Waals surface area contributed by atoms with Crippen molar-refractivity contribution in [3.8, 4) is 0 Å². The molecule has 12 heavy (non-hydrogen) atoms. The van der Waals surface area contributed by atoms with Gasteiger partial charge in [-0.1, -0.05) is 0 Å². The summed E-state index contributed by atoms with van der Waals surface area (Å²) >= 11 is 0. The lowest BCUT2D eigenvalue weighted by molar-refractivity contribution is 0.0614. The summed E-state index contributed by atoms with van der Waals surface area (Å²) in [5.41, 5.74) is 6.09. The zero-order valence-corrected chi connectivity index (χ0v) is 8.34. The van der Waals surface area contributed by atoms with Crippen molar-refractivity contribution in [2.24, 2.45) is 5.73 Å². The van der Waals surface area contributed by atoms with Crippen LogP contribution in [0.25, 0.3) is 0 Å². The Morgan fingerprint density at radius 1 is 1.67 bits per heavy atom. The Morgan fingerprint density at radius 2 is 2.33 bits per heavy atom. The molecule has 0 aromatic carbocycles. The van der Waals surface area contributed by atoms with Gasteiger partial charge in [-0.05, 0) is 33.4 Å². The standard InChI is InChI=1S/C9H20N2O/c1-8-6-9(10,7-12-3)4-5-11(8)2/h8H,4-7,10H2,1-3H3. The van der Waals surface area contributed by atoms with E-state index in [0.29, 0.717) is 12.6 Å². The van der Waals surface area contributed by atoms with Crippen molar-refractivity contribution in [1.29, 1.82) is 0 Å². The second-order valence-corrected chi connectivity index (χ2v) is 4.08. The number of ether oxygens (including phenoxy) is 1. The molecular weight excluding hydrogens is 152 g/mol. The zero-order chi connectivity index (χ0) is 9.19. The van der Waals surface area contributed by atoms with Crippen molar-refractivity contribution in [2.75, 3.05) is 27.3 Å². The number of nitrogens with two attached hydrogens (primary N) is 1. The van der Waals surface area contributed by atoms with Crippen LogP contribution in [0.5, 0.6) is 0 Å². The average Bonchev–Trinajstić information content (AvgIpc) is 1.98. The summed E-state index contributed by atoms with van der Waals surface area (Å²) in [6.45, 7) is 3.99. The molecule has 0 amide bonds. The Morgan fingerprint density at radius 3 is 2.83 bits per heavy atom. The minimum atomic E-state index is -0.0827. The van der Waals surface area contributed by atoms with Crippen LogP contribution in [0.3, 0.4) is 0 Å². The van der Waals surface area contributed by atoms with Crippen molar-refractivity contribution in [1.82, 2.24) is 4.90 Å². The molecule has 0 aliphatic carbocycles. The first kappa shape index (κ1) is 9.96. The molecule has 2 N–H and O–H groups in total. The first-order valence-electron chi connectivity index (χ1n) is 4.55. The first-order valence-corrected chi connectivity index (χ1v) is 4.55. The van der Waals surface area contributed by atoms with Crippen LogP contribution in [0, 0.1) is 0 Å². The molecule has 0 spiro atoms. The lowest BCUT2D eigenvalue weighted by Crippen LogP contribution is -2.55. The van der Waals surface area contributed by atoms with Crippen LogP contribution in [0.2, 0.25) is 0 Å². The molecule has 0 aromatic heterocycles. The summed E-state index contributed by atoms with van der Waals surface area (Å²) < 4.78 is 5.12. The maximum atomic E-state index is 6.17. The number of nitrogens with zero attached hydrogens (tertiary/aromatic N) is 1. The number of hydrogen-bond acceptors (Lipinski definition) is 3. The van der Waals surface area contributed by atoms with Gasteiger partial charge < -0.3 is 15.4 Å². The van der Waals surface area contributed by atoms with Crippen LogP contribution in [-0.2, 0) is 4.74 Å². The minimum Gasteiger partial charge on any atom is -0.383 e. The maximum absolute atomic E-state index is 6.17. The topological polar surface area (TPSA) is 38.5 Å². The Labute approximate surface area is 74.9 Å². The molecule has 1 heterocycles. The highest BCUT2D eigenvalue weighted by atomic mass is 16.5. The number of methoxy groups -OCH3 is 1. The van der Waals surface area contributed by atoms with Crippen LogP contribution < -0.4 is 5.73 Å². The fourth-order valence-corrected chi connectivity index (χ4v) is 1.88. The van der Waals surface area contributed by atoms with E-state index < -0.39 is 0 Å². The molecule has 3 nitrogen and oxygen atoms in total. The number of likely N-dealkylation sites (tertiary alicyclic amines) is 1. The Balaban J connectivity index is 2.48. The summed E-state index contributed by atoms with van der Waals surface area (Å²) in [6, 6.07) is 0.582. The average molecular weight is 172 g/mol. The largest absolute Gasteiger partial charge is 0.383 e. The predicted molar refractivity (Wildman–Crippen MR) is 50.1 cm³/mol. The van der Waals surface area contributed by atoms with Crippen molar-refractivity contribution in [3.63, 3.8) is 0 Å². The molecule has 2 unspecified atom stereocenters. The van der Waals surface area contributed by atoms with Crippen LogP contribution >= 0.6 is 0 Å². The second kappa shape index (κ2) is 3.73. The van der Waals surface area contributed by atoms with E-state index in [4.69, 9.17) is 10.5 Å². The van der Waals surface area contributed by atoms with Gasteiger partial charge in [0.05, 0.1) is 6.61 Å². The quantitative estimate of drug-likeness (QED) is 0.657. The summed E-state index contributed by atoms with van der Waals surface area (Å²) in [6.07, 6.45) is 2.08. The Bertz CT molecular complexity index is 151. The molecule has 2 atom stereocenters. The molecule has 1 rings (SSSR count). The smallest absolute Gasteiger partial charge is 0.0643 e. The van der Waals surface area contributed by atoms with Gasteiger partial charge >= 0.3 is 0 Å². The van der Waals surface area contributed by atoms with E-state index in [1.165, 1.54) is 0 Å². The molecule has 1 aliphatic rings. The van der Waals surface area contributed by atoms with Gasteiger partial charge in [0.2, 0.25) is 0 Å². The fourth-order valence-electron chi connectivity index (χ4n) is 1.88. The first-order chi connectivity index (χ1) is 5.57. The van der Waals surface area contributed by atoms with Gasteiger partial charge in [0.15, 0.2) is 0 Å². The number of piperidine rings is 1. The highest BCUT2D eigenvalue weighted by Gasteiger charge is 2.33. The highest BCUT2D eigenvalue weighted by Crippen LogP contribution is 2.23. The molecule has 72 valence electrons. The highest BCUT2D eigenvalue weighted by molar-refractivity contribution is 4.92. The molecule has 0 radical (unpaired) electrons. The van der Waals surface area contributed by atoms with Gasteiger partial charge in [0, 0.05) is 18.7 Å². The lowest BCUT2D eigenvalue weighted by Gasteiger charge is -2.41. The molecular formula is C9H20N2O. The second-order valence-electron chi connectivity index (χ2n) is 4.08. The summed E-state index contributed by atoms with van der Waals surface area (Å²) in [7, 11) is 3.87. The Kier molecular flexibility index (Phi) is 3.09. The third kappa shape index (κ3) is 2.19. The van der Waals surface area contributed by atoms with Crippen molar-refractivity contribution >= 4 is 0 Å². The molecule has 3 heteroatoms. The summed E-state index contributed by atoms with van der Waals surface area (Å²) in [5, 5.41) is 0. The van der Waals surface area contributed by atoms with E-state index in [1.807, 2.05) is 0 Å². The van der Waals surface area contributed by atoms with E-state index in [9.17, 15) is 0 Å². The van der Waals surface area contributed by atoms with Gasteiger partial charge in [0.25, 0.3) is 0 Å². The van der Waals surface area contributed by atoms with Gasteiger partial charge in [-0.2, -0.15) is 0 Å². The van der Waals surface area contributed by atoms with Gasteiger partial charge in [-0.15, -0.1) is 0 Å². The maximum Gasteiger partial charge on any atom is 0.0643 e. The van der Waals surface area contributed by atoms with E-state index in [2.05, 4.69) is 18.9 Å². The summed E-state index contributed by atoms with van der Waals surface area (Å²) in [5.74, 6) is 0. The molecule has 0 aromatic rings. The zero-order valence-electron chi connectivity index (χ0n) is 8.34. The molecule has 0 bridgehead atoms. The molecule has 0 saturated carbocycles. The molecule has 1 saturated heterocycles. The van der Waals surface area contributed by atoms with Crippen molar-refractivity contribution in [2.45, 2.75) is 31.3 Å². The Hall–Kier alpha value is -0.120. The van der Waals surface area contributed by atoms with Crippen LogP contribution in [0.4, 0.5) is 0 Å². The predicted octanol–water partition coefficient (Wildman–Crippen LogP) is 0.444. The van der Waals surface area contributed by atoms with Crippen molar-refractivity contribution in [3.05, 3.63) is 0 Å². The monoisotopic (exact) mass is 172 g/mol. The van der Waals surface area contributed by atoms with Gasteiger partial charge in [0.1, 0.15) is 0 Å². The van der Waals surface area contributed by atoms with Crippen molar-refractivity contribution < 1.29 is 4.74 Å². The van der Waals surface area contributed by atoms with Crippen LogP contribution in [0.1, 0.15) is 19.8 Å². The summed E-state index contributed by atoms with van der Waals surface area (Å²) in [4.78, 5) is 2.35. The molecule has 1 aliphatic heterocycles. The molecule has 1 fully saturated rings. The lowest BCUT2D eigenvalue weighted by atomic mass is 9.85. The van der Waals surface area contributed by atoms with Crippen LogP contribution in [-0.4, -0.2) is 43.8 Å². The van der Waals surface area contributed by atoms with Gasteiger partial charge in [-0.3, -0.25) is 0 Å². The van der Waals surface area contributed by atoms with E-state index in [1.54, 1.807) is 7.11 Å². The number of rotatable bonds is 2. The normalized spacial score (nSPS) is 38.5. The van der Waals surface area contributed by atoms with Gasteiger partial charge in [-0.25, -0.2) is 0 Å². The SMILES string of the molecule is COCC1(N)CCN(C)C(C)C1. The third-order valence-electron chi connectivity index (χ3n) is 2.85. The third-order valence-corrected chi connectivity index (χ3v) is 2.85. The van der Waals surface area contributed by atoms with E-state index in [-0.39, 0.29) is 5.54 Å². The minimum absolute atomic E-state index is 0.0827. The van der Waals surface area contributed by atoms with Crippen LogP contribution in [0.15, 0.2) is 0 Å². The van der Waals surface area contributed by atoms with E-state index in [0.717, 1.165) is 19.4 Å². The fraction of sp³-hybridized carbons (Fsp3) is 1.00. The number of hydrogen-bond donors (Lipinski definition) is 1.